The van der Waals surface area contributed by atoms with Gasteiger partial charge in [0.15, 0.2) is 0 Å². The lowest BCUT2D eigenvalue weighted by atomic mass is 9.47. The molecule has 0 aliphatic heterocycles. The molecule has 8 atom stereocenters. The number of hydrogen-bond donors (Lipinski definition) is 0. The molecule has 0 heterocycles. The van der Waals surface area contributed by atoms with Crippen LogP contribution in [0.5, 0.6) is 0 Å². The highest BCUT2D eigenvalue weighted by Crippen LogP contribution is 2.67. The van der Waals surface area contributed by atoms with Gasteiger partial charge in [0.1, 0.15) is 6.10 Å². The van der Waals surface area contributed by atoms with E-state index < -0.39 is 0 Å². The van der Waals surface area contributed by atoms with Crippen LogP contribution in [-0.2, 0) is 9.53 Å². The lowest BCUT2D eigenvalue weighted by Gasteiger charge is -2.58. The van der Waals surface area contributed by atoms with Gasteiger partial charge in [-0.2, -0.15) is 0 Å². The summed E-state index contributed by atoms with van der Waals surface area (Å²) >= 11 is 0. The van der Waals surface area contributed by atoms with Crippen molar-refractivity contribution >= 4 is 5.97 Å². The van der Waals surface area contributed by atoms with Crippen molar-refractivity contribution in [2.75, 3.05) is 0 Å². The molecule has 3 saturated carbocycles. The Hall–Kier alpha value is -0.790. The molecule has 0 saturated heterocycles. The van der Waals surface area contributed by atoms with Crippen molar-refractivity contribution in [2.45, 2.75) is 131 Å². The van der Waals surface area contributed by atoms with Crippen LogP contribution in [0.3, 0.4) is 0 Å². The number of ether oxygens (including phenoxy) is 1. The molecule has 4 aliphatic rings. The second-order valence-electron chi connectivity index (χ2n) is 13.4. The van der Waals surface area contributed by atoms with Crippen LogP contribution in [-0.4, -0.2) is 12.1 Å². The highest BCUT2D eigenvalue weighted by Gasteiger charge is 2.59. The third-order valence-corrected chi connectivity index (χ3v) is 11.0. The summed E-state index contributed by atoms with van der Waals surface area (Å²) in [6, 6.07) is 0. The van der Waals surface area contributed by atoms with Gasteiger partial charge in [0.25, 0.3) is 0 Å². The molecular weight excluding hydrogens is 404 g/mol. The zero-order valence-corrected chi connectivity index (χ0v) is 22.6. The second kappa shape index (κ2) is 10.1. The first-order valence-corrected chi connectivity index (χ1v) is 14.6. The molecule has 0 amide bonds. The molecule has 0 aromatic rings. The Morgan fingerprint density at radius 1 is 1.06 bits per heavy atom. The van der Waals surface area contributed by atoms with E-state index >= 15 is 0 Å². The van der Waals surface area contributed by atoms with E-state index in [9.17, 15) is 4.79 Å². The summed E-state index contributed by atoms with van der Waals surface area (Å²) in [6.45, 7) is 14.6. The molecule has 4 aliphatic carbocycles. The molecule has 3 fully saturated rings. The summed E-state index contributed by atoms with van der Waals surface area (Å²) in [4.78, 5) is 12.1. The molecule has 0 radical (unpaired) electrons. The number of carbonyl (C=O) groups excluding carboxylic acids is 1. The van der Waals surface area contributed by atoms with Gasteiger partial charge in [-0.25, -0.2) is 0 Å². The Morgan fingerprint density at radius 3 is 2.58 bits per heavy atom. The number of hydrogen-bond acceptors (Lipinski definition) is 2. The van der Waals surface area contributed by atoms with Crippen molar-refractivity contribution < 1.29 is 9.53 Å². The minimum absolute atomic E-state index is 0.00772. The maximum Gasteiger partial charge on any atom is 0.306 e. The zero-order valence-electron chi connectivity index (χ0n) is 22.6. The topological polar surface area (TPSA) is 26.3 Å². The summed E-state index contributed by atoms with van der Waals surface area (Å²) in [5.74, 6) is 5.31. The van der Waals surface area contributed by atoms with Crippen molar-refractivity contribution in [3.05, 3.63) is 11.6 Å². The number of fused-ring (bicyclic) bond motifs is 5. The Labute approximate surface area is 204 Å². The van der Waals surface area contributed by atoms with Gasteiger partial charge >= 0.3 is 5.97 Å². The van der Waals surface area contributed by atoms with Crippen LogP contribution in [0.1, 0.15) is 125 Å². The van der Waals surface area contributed by atoms with E-state index in [1.807, 2.05) is 0 Å². The van der Waals surface area contributed by atoms with Gasteiger partial charge in [-0.1, -0.05) is 72.5 Å². The van der Waals surface area contributed by atoms with E-state index in [-0.39, 0.29) is 12.1 Å². The normalized spacial score (nSPS) is 41.1. The van der Waals surface area contributed by atoms with E-state index in [1.54, 1.807) is 5.57 Å². The van der Waals surface area contributed by atoms with E-state index in [0.29, 0.717) is 17.3 Å². The first-order valence-electron chi connectivity index (χ1n) is 14.6. The largest absolute Gasteiger partial charge is 0.462 e. The van der Waals surface area contributed by atoms with Crippen LogP contribution in [0.25, 0.3) is 0 Å². The van der Waals surface area contributed by atoms with Crippen molar-refractivity contribution in [3.8, 4) is 0 Å². The van der Waals surface area contributed by atoms with Crippen LogP contribution in [0.15, 0.2) is 11.6 Å². The maximum absolute atomic E-state index is 12.1. The molecule has 0 aromatic carbocycles. The molecule has 33 heavy (non-hydrogen) atoms. The number of rotatable bonds is 8. The van der Waals surface area contributed by atoms with Crippen LogP contribution < -0.4 is 0 Å². The number of esters is 1. The predicted octanol–water partition coefficient (Wildman–Crippen LogP) is 8.74. The minimum Gasteiger partial charge on any atom is -0.462 e. The standard InChI is InChI=1S/C31H52O2/c1-7-9-29(32)33-24-16-18-30(5)23(20-24)12-13-25-27-15-14-26(22(4)11-8-10-21(2)3)31(27,6)19-17-28(25)30/h12,21-22,24-28H,7-11,13-20H2,1-6H3/t22-,24+,25+,26-,27+,28+,30+,31-/m1/s1. The summed E-state index contributed by atoms with van der Waals surface area (Å²) in [7, 11) is 0. The van der Waals surface area contributed by atoms with Crippen molar-refractivity contribution in [2.24, 2.45) is 46.3 Å². The fourth-order valence-electron chi connectivity index (χ4n) is 9.20. The first-order chi connectivity index (χ1) is 15.7. The molecule has 2 heteroatoms. The zero-order chi connectivity index (χ0) is 23.8. The van der Waals surface area contributed by atoms with Crippen molar-refractivity contribution in [1.29, 1.82) is 0 Å². The average Bonchev–Trinajstić information content (AvgIpc) is 3.11. The molecule has 0 aromatic heterocycles. The number of allylic oxidation sites excluding steroid dienone is 1. The average molecular weight is 457 g/mol. The molecule has 4 rings (SSSR count). The Morgan fingerprint density at radius 2 is 1.85 bits per heavy atom. The van der Waals surface area contributed by atoms with E-state index in [2.05, 4.69) is 47.6 Å². The molecule has 188 valence electrons. The van der Waals surface area contributed by atoms with Crippen LogP contribution >= 0.6 is 0 Å². The Kier molecular flexibility index (Phi) is 7.72. The summed E-state index contributed by atoms with van der Waals surface area (Å²) in [5.41, 5.74) is 2.54. The Bertz CT molecular complexity index is 722. The fourth-order valence-corrected chi connectivity index (χ4v) is 9.20. The molecule has 0 bridgehead atoms. The molecule has 0 unspecified atom stereocenters. The predicted molar refractivity (Wildman–Crippen MR) is 138 cm³/mol. The summed E-state index contributed by atoms with van der Waals surface area (Å²) < 4.78 is 5.85. The molecule has 0 N–H and O–H groups in total. The van der Waals surface area contributed by atoms with E-state index in [4.69, 9.17) is 4.74 Å². The fraction of sp³-hybridized carbons (Fsp3) is 0.903. The second-order valence-corrected chi connectivity index (χ2v) is 13.4. The molecule has 0 spiro atoms. The Balaban J connectivity index is 1.43. The first kappa shape index (κ1) is 25.3. The highest BCUT2D eigenvalue weighted by molar-refractivity contribution is 5.69. The summed E-state index contributed by atoms with van der Waals surface area (Å²) in [6.07, 6.45) is 18.8. The smallest absolute Gasteiger partial charge is 0.306 e. The van der Waals surface area contributed by atoms with E-state index in [0.717, 1.165) is 54.8 Å². The summed E-state index contributed by atoms with van der Waals surface area (Å²) in [5, 5.41) is 0. The van der Waals surface area contributed by atoms with Gasteiger partial charge in [-0.3, -0.25) is 4.79 Å². The van der Waals surface area contributed by atoms with Gasteiger partial charge in [-0.15, -0.1) is 0 Å². The number of carbonyl (C=O) groups is 1. The maximum atomic E-state index is 12.1. The van der Waals surface area contributed by atoms with Crippen LogP contribution in [0.2, 0.25) is 0 Å². The van der Waals surface area contributed by atoms with Gasteiger partial charge in [0.2, 0.25) is 0 Å². The molecule has 2 nitrogen and oxygen atoms in total. The quantitative estimate of drug-likeness (QED) is 0.269. The van der Waals surface area contributed by atoms with Gasteiger partial charge in [0, 0.05) is 12.8 Å². The van der Waals surface area contributed by atoms with Crippen molar-refractivity contribution in [1.82, 2.24) is 0 Å². The third kappa shape index (κ3) is 4.84. The van der Waals surface area contributed by atoms with Crippen LogP contribution in [0.4, 0.5) is 0 Å². The lowest BCUT2D eigenvalue weighted by molar-refractivity contribution is -0.151. The SMILES string of the molecule is CCCC(=O)O[C@H]1CC[C@@]2(C)C(=CC[C@H]3[C@@H]4CC[C@H]([C@H](C)CCCC(C)C)[C@@]4(C)CC[C@@H]32)C1. The molecular formula is C31H52O2. The van der Waals surface area contributed by atoms with Gasteiger partial charge in [-0.05, 0) is 97.7 Å². The van der Waals surface area contributed by atoms with Crippen molar-refractivity contribution in [3.63, 3.8) is 0 Å². The lowest BCUT2D eigenvalue weighted by Crippen LogP contribution is -2.51. The van der Waals surface area contributed by atoms with E-state index in [1.165, 1.54) is 57.8 Å². The monoisotopic (exact) mass is 456 g/mol. The van der Waals surface area contributed by atoms with Gasteiger partial charge < -0.3 is 4.74 Å². The highest BCUT2D eigenvalue weighted by atomic mass is 16.5. The van der Waals surface area contributed by atoms with Crippen LogP contribution in [0, 0.1) is 46.3 Å². The van der Waals surface area contributed by atoms with Gasteiger partial charge in [0.05, 0.1) is 0 Å². The third-order valence-electron chi connectivity index (χ3n) is 11.0. The minimum atomic E-state index is 0.00772.